The summed E-state index contributed by atoms with van der Waals surface area (Å²) < 4.78 is 0. The molecule has 0 aliphatic rings. The Morgan fingerprint density at radius 1 is 0.333 bits per heavy atom. The maximum Gasteiger partial charge on any atom is 1.00 e. The van der Waals surface area contributed by atoms with E-state index in [1.54, 1.807) is 0 Å². The van der Waals surface area contributed by atoms with Crippen LogP contribution in [0.25, 0.3) is 0 Å². The Kier molecular flexibility index (Phi) is 425. The molecule has 0 saturated carbocycles. The summed E-state index contributed by atoms with van der Waals surface area (Å²) in [7, 11) is 0. The van der Waals surface area contributed by atoms with Crippen molar-refractivity contribution < 1.29 is 211 Å². The van der Waals surface area contributed by atoms with Crippen LogP contribution in [0, 0.1) is 0 Å². The fourth-order valence-corrected chi connectivity index (χ4v) is 0. The van der Waals surface area contributed by atoms with Gasteiger partial charge in [0.05, 0.1) is 0 Å². The van der Waals surface area contributed by atoms with E-state index in [-0.39, 0.29) is 273 Å². The van der Waals surface area contributed by atoms with E-state index in [1.165, 1.54) is 0 Å². The molecule has 0 radical (unpaired) electrons. The van der Waals surface area contributed by atoms with Gasteiger partial charge < -0.3 is 5.71 Å². The van der Waals surface area contributed by atoms with Gasteiger partial charge in [-0.2, -0.15) is 0 Å². The van der Waals surface area contributed by atoms with Crippen molar-refractivity contribution in [3.8, 4) is 0 Å². The number of rotatable bonds is 0. The van der Waals surface area contributed by atoms with E-state index in [2.05, 4.69) is 0 Å². The largest absolute Gasteiger partial charge is 1.00 e. The van der Waals surface area contributed by atoms with Crippen LogP contribution in [0.2, 0.25) is 0 Å². The summed E-state index contributed by atoms with van der Waals surface area (Å²) in [5.41, 5.74) is 0. The average Bonchev–Trinajstić information content (AvgIpc) is 0. The first-order valence-corrected chi connectivity index (χ1v) is 0. The van der Waals surface area contributed by atoms with Gasteiger partial charge in [-0.05, 0) is 0 Å². The molecule has 0 aliphatic heterocycles. The van der Waals surface area contributed by atoms with E-state index in [9.17, 15) is 0 Å². The molecule has 0 heterocycles. The van der Waals surface area contributed by atoms with Gasteiger partial charge in [0.25, 0.3) is 0 Å². The quantitative estimate of drug-likeness (QED) is 0.384. The molecule has 0 unspecified atom stereocenters. The molecule has 9 heteroatoms. The summed E-state index contributed by atoms with van der Waals surface area (Å²) in [5.74, 6) is 0. The minimum Gasteiger partial charge on any atom is -1.00 e. The molecule has 0 nitrogen and oxygen atoms in total. The monoisotopic (exact) mass is 340 g/mol. The molecule has 0 fully saturated rings. The molecular weight excluding hydrogens is 334 g/mol. The molecule has 0 aromatic rings. The van der Waals surface area contributed by atoms with Crippen molar-refractivity contribution in [2.24, 2.45) is 0 Å². The summed E-state index contributed by atoms with van der Waals surface area (Å²) in [4.78, 5) is 0. The normalized spacial score (nSPS) is 0. The molecule has 0 atom stereocenters. The molecule has 0 aromatic carbocycles. The zero-order valence-electron chi connectivity index (χ0n) is 10.0. The fourth-order valence-electron chi connectivity index (χ4n) is 0. The predicted molar refractivity (Wildman–Crippen MR) is 40.7 cm³/mol. The van der Waals surface area contributed by atoms with E-state index in [0.717, 1.165) is 0 Å². The van der Waals surface area contributed by atoms with Crippen LogP contribution in [0.15, 0.2) is 0 Å². The first kappa shape index (κ1) is 68.0. The van der Waals surface area contributed by atoms with Gasteiger partial charge in [0.2, 0.25) is 0 Å². The first-order valence-electron chi connectivity index (χ1n) is 0. The van der Waals surface area contributed by atoms with E-state index in [0.29, 0.717) is 0 Å². The molecule has 0 N–H and O–H groups in total. The van der Waals surface area contributed by atoms with Gasteiger partial charge in [0.1, 0.15) is 0 Å². The minimum absolute atomic E-state index is 0. The summed E-state index contributed by atoms with van der Waals surface area (Å²) >= 11 is 0. The summed E-state index contributed by atoms with van der Waals surface area (Å²) in [5, 5.41) is 0. The third-order valence-electron chi connectivity index (χ3n) is 0. The van der Waals surface area contributed by atoms with E-state index in [1.807, 2.05) is 0 Å². The molecule has 9 heavy (non-hydrogen) atoms. The Labute approximate surface area is 264 Å². The van der Waals surface area contributed by atoms with Gasteiger partial charge in [-0.1, -0.05) is 0 Å². The van der Waals surface area contributed by atoms with Gasteiger partial charge in [-0.15, -0.1) is 62.0 Å². The van der Waals surface area contributed by atoms with Crippen LogP contribution < -0.4 is 206 Å². The SMILES string of the molecule is Cl.Cl.Cl.Cl.Cl.[H-].[H-].[H-].[H-].[K+].[K+].[K+].[K+]. The summed E-state index contributed by atoms with van der Waals surface area (Å²) in [6, 6.07) is 0. The van der Waals surface area contributed by atoms with Gasteiger partial charge in [0.15, 0.2) is 0 Å². The summed E-state index contributed by atoms with van der Waals surface area (Å²) in [6.07, 6.45) is 0. The fraction of sp³-hybridized carbons (Fsp3) is 0. The molecule has 0 saturated heterocycles. The number of halogens is 5. The topological polar surface area (TPSA) is 0 Å². The predicted octanol–water partition coefficient (Wildman–Crippen LogP) is -9.42. The molecule has 0 rings (SSSR count). The first-order chi connectivity index (χ1) is 0. The van der Waals surface area contributed by atoms with Crippen LogP contribution in [0.4, 0.5) is 0 Å². The van der Waals surface area contributed by atoms with Crippen LogP contribution in [0.5, 0.6) is 0 Å². The van der Waals surface area contributed by atoms with Gasteiger partial charge in [-0.3, -0.25) is 0 Å². The Balaban J connectivity index is 0. The molecule has 48 valence electrons. The van der Waals surface area contributed by atoms with Crippen molar-refractivity contribution >= 4 is 62.0 Å². The van der Waals surface area contributed by atoms with Crippen LogP contribution in [-0.2, 0) is 0 Å². The van der Waals surface area contributed by atoms with Crippen molar-refractivity contribution in [2.45, 2.75) is 0 Å². The zero-order valence-corrected chi connectivity index (χ0v) is 22.6. The van der Waals surface area contributed by atoms with Gasteiger partial charge in [-0.25, -0.2) is 0 Å². The molecule has 0 aromatic heterocycles. The van der Waals surface area contributed by atoms with Crippen LogP contribution in [0.3, 0.4) is 0 Å². The second kappa shape index (κ2) is 56.3. The second-order valence-electron chi connectivity index (χ2n) is 0. The Hall–Kier alpha value is 8.00. The van der Waals surface area contributed by atoms with Crippen molar-refractivity contribution in [3.05, 3.63) is 0 Å². The maximum absolute atomic E-state index is 0. The average molecular weight is 343 g/mol. The summed E-state index contributed by atoms with van der Waals surface area (Å²) in [6.45, 7) is 0. The van der Waals surface area contributed by atoms with Crippen molar-refractivity contribution in [1.29, 1.82) is 0 Å². The van der Waals surface area contributed by atoms with E-state index < -0.39 is 0 Å². The van der Waals surface area contributed by atoms with Gasteiger partial charge in [0, 0.05) is 0 Å². The van der Waals surface area contributed by atoms with Crippen LogP contribution in [0.1, 0.15) is 5.71 Å². The van der Waals surface area contributed by atoms with E-state index >= 15 is 0 Å². The third-order valence-corrected chi connectivity index (χ3v) is 0. The third kappa shape index (κ3) is 49.0. The molecule has 0 amide bonds. The molecular formula is H9Cl5K4. The Morgan fingerprint density at radius 2 is 0.333 bits per heavy atom. The minimum atomic E-state index is 0. The zero-order chi connectivity index (χ0) is 0. The standard InChI is InChI=1S/5ClH.4K.4H/h5*1H;;;;;;;;/q;;;;;4*+1;4*-1. The smallest absolute Gasteiger partial charge is 1.00 e. The molecule has 0 spiro atoms. The Bertz CT molecular complexity index is 20.5. The van der Waals surface area contributed by atoms with Crippen molar-refractivity contribution in [2.75, 3.05) is 0 Å². The van der Waals surface area contributed by atoms with E-state index in [4.69, 9.17) is 0 Å². The second-order valence-corrected chi connectivity index (χ2v) is 0. The van der Waals surface area contributed by atoms with Gasteiger partial charge >= 0.3 is 206 Å². The molecule has 0 aliphatic carbocycles. The number of hydrogen-bond donors (Lipinski definition) is 0. The van der Waals surface area contributed by atoms with Crippen molar-refractivity contribution in [1.82, 2.24) is 0 Å². The maximum atomic E-state index is 0. The number of hydrogen-bond acceptors (Lipinski definition) is 0. The van der Waals surface area contributed by atoms with Crippen LogP contribution in [-0.4, -0.2) is 0 Å². The van der Waals surface area contributed by atoms with Crippen LogP contribution >= 0.6 is 62.0 Å². The van der Waals surface area contributed by atoms with Crippen molar-refractivity contribution in [3.63, 3.8) is 0 Å². The Morgan fingerprint density at radius 3 is 0.333 bits per heavy atom. The molecule has 0 bridgehead atoms.